The normalized spacial score (nSPS) is 24.1. The number of ether oxygens (including phenoxy) is 1. The second kappa shape index (κ2) is 4.62. The molecule has 1 heterocycles. The van der Waals surface area contributed by atoms with Crippen LogP contribution in [0.5, 0.6) is 5.75 Å². The molecule has 1 aromatic rings. The van der Waals surface area contributed by atoms with Gasteiger partial charge in [0.2, 0.25) is 0 Å². The fourth-order valence-electron chi connectivity index (χ4n) is 2.81. The van der Waals surface area contributed by atoms with Crippen molar-refractivity contribution in [2.24, 2.45) is 0 Å². The van der Waals surface area contributed by atoms with E-state index in [1.165, 1.54) is 27.6 Å². The molecule has 1 atom stereocenters. The number of methoxy groups -OCH3 is 1. The molecule has 0 spiro atoms. The molecule has 1 fully saturated rings. The van der Waals surface area contributed by atoms with Crippen LogP contribution < -0.4 is 10.1 Å². The van der Waals surface area contributed by atoms with Crippen LogP contribution in [0.3, 0.4) is 0 Å². The van der Waals surface area contributed by atoms with Gasteiger partial charge in [0.1, 0.15) is 5.75 Å². The molecule has 0 bridgehead atoms. The molecule has 0 amide bonds. The Labute approximate surface area is 112 Å². The van der Waals surface area contributed by atoms with Crippen molar-refractivity contribution in [2.45, 2.75) is 39.2 Å². The summed E-state index contributed by atoms with van der Waals surface area (Å²) in [7, 11) is 1.76. The number of aryl methyl sites for hydroxylation is 2. The summed E-state index contributed by atoms with van der Waals surface area (Å²) < 4.78 is 6.80. The van der Waals surface area contributed by atoms with Crippen LogP contribution >= 0.6 is 15.9 Å². The second-order valence-corrected chi connectivity index (χ2v) is 5.89. The molecule has 3 heteroatoms. The third kappa shape index (κ3) is 2.11. The summed E-state index contributed by atoms with van der Waals surface area (Å²) in [5.74, 6) is 1.01. The third-order valence-electron chi connectivity index (χ3n) is 3.71. The molecule has 0 saturated carbocycles. The zero-order valence-electron chi connectivity index (χ0n) is 11.0. The highest BCUT2D eigenvalue weighted by atomic mass is 79.9. The van der Waals surface area contributed by atoms with Crippen LogP contribution in [0.15, 0.2) is 10.5 Å². The fraction of sp³-hybridized carbons (Fsp3) is 0.571. The fourth-order valence-corrected chi connectivity index (χ4v) is 3.54. The summed E-state index contributed by atoms with van der Waals surface area (Å²) in [4.78, 5) is 0. The maximum atomic E-state index is 5.62. The maximum Gasteiger partial charge on any atom is 0.127 e. The van der Waals surface area contributed by atoms with E-state index in [0.29, 0.717) is 0 Å². The lowest BCUT2D eigenvalue weighted by atomic mass is 9.87. The van der Waals surface area contributed by atoms with E-state index in [0.717, 1.165) is 18.7 Å². The van der Waals surface area contributed by atoms with Gasteiger partial charge in [-0.3, -0.25) is 0 Å². The third-order valence-corrected chi connectivity index (χ3v) is 4.73. The first kappa shape index (κ1) is 12.9. The van der Waals surface area contributed by atoms with Gasteiger partial charge in [-0.05, 0) is 51.3 Å². The summed E-state index contributed by atoms with van der Waals surface area (Å²) in [6.07, 6.45) is 2.38. The van der Waals surface area contributed by atoms with Crippen molar-refractivity contribution in [2.75, 3.05) is 13.7 Å². The molecule has 1 unspecified atom stereocenters. The molecular weight excluding hydrogens is 278 g/mol. The van der Waals surface area contributed by atoms with Gasteiger partial charge < -0.3 is 10.1 Å². The predicted molar refractivity (Wildman–Crippen MR) is 74.8 cm³/mol. The molecule has 1 aliphatic heterocycles. The van der Waals surface area contributed by atoms with Crippen LogP contribution in [0, 0.1) is 13.8 Å². The Bertz CT molecular complexity index is 436. The van der Waals surface area contributed by atoms with Gasteiger partial charge in [-0.2, -0.15) is 0 Å². The molecule has 2 rings (SSSR count). The topological polar surface area (TPSA) is 21.3 Å². The first-order valence-corrected chi connectivity index (χ1v) is 6.88. The van der Waals surface area contributed by atoms with Crippen LogP contribution in [0.2, 0.25) is 0 Å². The maximum absolute atomic E-state index is 5.62. The Kier molecular flexibility index (Phi) is 3.50. The van der Waals surface area contributed by atoms with E-state index < -0.39 is 0 Å². The minimum absolute atomic E-state index is 0.0287. The quantitative estimate of drug-likeness (QED) is 0.899. The minimum Gasteiger partial charge on any atom is -0.496 e. The second-order valence-electron chi connectivity index (χ2n) is 5.10. The van der Waals surface area contributed by atoms with Gasteiger partial charge in [0, 0.05) is 15.6 Å². The van der Waals surface area contributed by atoms with Crippen molar-refractivity contribution in [3.63, 3.8) is 0 Å². The van der Waals surface area contributed by atoms with Gasteiger partial charge in [0.25, 0.3) is 0 Å². The molecule has 0 radical (unpaired) electrons. The number of nitrogens with one attached hydrogen (secondary N) is 1. The highest BCUT2D eigenvalue weighted by Crippen LogP contribution is 2.43. The molecule has 1 saturated heterocycles. The number of halogens is 1. The summed E-state index contributed by atoms with van der Waals surface area (Å²) in [5, 5.41) is 3.61. The number of rotatable bonds is 2. The lowest BCUT2D eigenvalue weighted by Crippen LogP contribution is -2.34. The number of hydrogen-bond acceptors (Lipinski definition) is 2. The van der Waals surface area contributed by atoms with E-state index in [9.17, 15) is 0 Å². The molecule has 1 aliphatic rings. The Balaban J connectivity index is 2.65. The molecule has 0 aliphatic carbocycles. The van der Waals surface area contributed by atoms with Crippen molar-refractivity contribution in [1.82, 2.24) is 5.32 Å². The predicted octanol–water partition coefficient (Wildman–Crippen LogP) is 3.67. The minimum atomic E-state index is 0.0287. The van der Waals surface area contributed by atoms with E-state index in [1.54, 1.807) is 7.11 Å². The van der Waals surface area contributed by atoms with Crippen LogP contribution in [0.25, 0.3) is 0 Å². The average molecular weight is 298 g/mol. The van der Waals surface area contributed by atoms with Crippen LogP contribution in [-0.4, -0.2) is 13.7 Å². The monoisotopic (exact) mass is 297 g/mol. The Morgan fingerprint density at radius 2 is 2.06 bits per heavy atom. The Morgan fingerprint density at radius 3 is 2.59 bits per heavy atom. The van der Waals surface area contributed by atoms with Gasteiger partial charge >= 0.3 is 0 Å². The van der Waals surface area contributed by atoms with E-state index >= 15 is 0 Å². The summed E-state index contributed by atoms with van der Waals surface area (Å²) in [6, 6.07) is 2.17. The van der Waals surface area contributed by atoms with E-state index in [-0.39, 0.29) is 5.54 Å². The summed E-state index contributed by atoms with van der Waals surface area (Å²) >= 11 is 3.73. The molecule has 1 aromatic carbocycles. The molecule has 0 aromatic heterocycles. The van der Waals surface area contributed by atoms with Crippen molar-refractivity contribution in [3.05, 3.63) is 27.2 Å². The standard InChI is InChI=1S/C14H20BrNO/c1-9-8-10(2)13(17-4)11(12(9)15)14(3)6-5-7-16-14/h8,16H,5-7H2,1-4H3. The van der Waals surface area contributed by atoms with Crippen molar-refractivity contribution < 1.29 is 4.74 Å². The number of benzene rings is 1. The molecular formula is C14H20BrNO. The van der Waals surface area contributed by atoms with E-state index in [2.05, 4.69) is 48.1 Å². The van der Waals surface area contributed by atoms with Crippen LogP contribution in [0.4, 0.5) is 0 Å². The molecule has 2 nitrogen and oxygen atoms in total. The van der Waals surface area contributed by atoms with Gasteiger partial charge in [0.05, 0.1) is 7.11 Å². The SMILES string of the molecule is COc1c(C)cc(C)c(Br)c1C1(C)CCCN1. The van der Waals surface area contributed by atoms with Crippen molar-refractivity contribution in [1.29, 1.82) is 0 Å². The van der Waals surface area contributed by atoms with Crippen molar-refractivity contribution >= 4 is 15.9 Å². The smallest absolute Gasteiger partial charge is 0.127 e. The highest BCUT2D eigenvalue weighted by Gasteiger charge is 2.35. The zero-order valence-corrected chi connectivity index (χ0v) is 12.6. The lowest BCUT2D eigenvalue weighted by Gasteiger charge is -2.30. The van der Waals surface area contributed by atoms with Gasteiger partial charge in [0.15, 0.2) is 0 Å². The number of hydrogen-bond donors (Lipinski definition) is 1. The average Bonchev–Trinajstić information content (AvgIpc) is 2.71. The van der Waals surface area contributed by atoms with Crippen LogP contribution in [0.1, 0.15) is 36.5 Å². The molecule has 17 heavy (non-hydrogen) atoms. The Hall–Kier alpha value is -0.540. The molecule has 1 N–H and O–H groups in total. The highest BCUT2D eigenvalue weighted by molar-refractivity contribution is 9.10. The van der Waals surface area contributed by atoms with E-state index in [4.69, 9.17) is 4.74 Å². The molecule has 94 valence electrons. The zero-order chi connectivity index (χ0) is 12.6. The van der Waals surface area contributed by atoms with E-state index in [1.807, 2.05) is 0 Å². The van der Waals surface area contributed by atoms with Gasteiger partial charge in [-0.25, -0.2) is 0 Å². The first-order chi connectivity index (χ1) is 7.99. The first-order valence-electron chi connectivity index (χ1n) is 6.09. The largest absolute Gasteiger partial charge is 0.496 e. The lowest BCUT2D eigenvalue weighted by molar-refractivity contribution is 0.367. The van der Waals surface area contributed by atoms with Crippen LogP contribution in [-0.2, 0) is 5.54 Å². The Morgan fingerprint density at radius 1 is 1.35 bits per heavy atom. The summed E-state index contributed by atoms with van der Waals surface area (Å²) in [5.41, 5.74) is 3.78. The van der Waals surface area contributed by atoms with Gasteiger partial charge in [-0.15, -0.1) is 0 Å². The summed E-state index contributed by atoms with van der Waals surface area (Å²) in [6.45, 7) is 7.60. The van der Waals surface area contributed by atoms with Gasteiger partial charge in [-0.1, -0.05) is 22.0 Å². The van der Waals surface area contributed by atoms with Crippen molar-refractivity contribution in [3.8, 4) is 5.75 Å².